The quantitative estimate of drug-likeness (QED) is 0.352. The molecule has 0 unspecified atom stereocenters. The average molecular weight is 274 g/mol. The van der Waals surface area contributed by atoms with Crippen LogP contribution in [0, 0.1) is 6.92 Å². The molecular formula is C19H30O. The van der Waals surface area contributed by atoms with Crippen LogP contribution in [0.1, 0.15) is 87.1 Å². The summed E-state index contributed by atoms with van der Waals surface area (Å²) in [6.07, 6.45) is 12.4. The minimum absolute atomic E-state index is 0.299. The molecule has 0 radical (unpaired) electrons. The van der Waals surface area contributed by atoms with Crippen molar-refractivity contribution in [1.82, 2.24) is 0 Å². The summed E-state index contributed by atoms with van der Waals surface area (Å²) < 4.78 is 0. The van der Waals surface area contributed by atoms with E-state index in [1.54, 1.807) is 0 Å². The molecule has 112 valence electrons. The van der Waals surface area contributed by atoms with Gasteiger partial charge in [0.05, 0.1) is 0 Å². The molecule has 20 heavy (non-hydrogen) atoms. The summed E-state index contributed by atoms with van der Waals surface area (Å²) in [5, 5.41) is 0. The Balaban J connectivity index is 2.01. The molecule has 1 nitrogen and oxygen atoms in total. The Morgan fingerprint density at radius 3 is 1.85 bits per heavy atom. The highest BCUT2D eigenvalue weighted by molar-refractivity contribution is 5.96. The second-order valence-electron chi connectivity index (χ2n) is 5.87. The van der Waals surface area contributed by atoms with Crippen LogP contribution in [0.15, 0.2) is 24.3 Å². The van der Waals surface area contributed by atoms with Gasteiger partial charge in [0, 0.05) is 12.0 Å². The number of hydrogen-bond acceptors (Lipinski definition) is 1. The third kappa shape index (κ3) is 7.47. The zero-order valence-corrected chi connectivity index (χ0v) is 13.3. The van der Waals surface area contributed by atoms with E-state index in [1.807, 2.05) is 24.3 Å². The minimum Gasteiger partial charge on any atom is -0.294 e. The van der Waals surface area contributed by atoms with Gasteiger partial charge in [-0.3, -0.25) is 4.79 Å². The third-order valence-electron chi connectivity index (χ3n) is 3.88. The Hall–Kier alpha value is -1.11. The Labute approximate surface area is 124 Å². The van der Waals surface area contributed by atoms with E-state index in [-0.39, 0.29) is 0 Å². The van der Waals surface area contributed by atoms with Crippen molar-refractivity contribution in [3.05, 3.63) is 35.4 Å². The van der Waals surface area contributed by atoms with E-state index in [4.69, 9.17) is 0 Å². The first kappa shape index (κ1) is 16.9. The Morgan fingerprint density at radius 2 is 1.30 bits per heavy atom. The molecule has 1 aromatic rings. The lowest BCUT2D eigenvalue weighted by Crippen LogP contribution is -1.98. The van der Waals surface area contributed by atoms with Gasteiger partial charge in [0.15, 0.2) is 5.78 Å². The van der Waals surface area contributed by atoms with Gasteiger partial charge in [-0.1, -0.05) is 88.1 Å². The van der Waals surface area contributed by atoms with E-state index in [0.717, 1.165) is 12.0 Å². The van der Waals surface area contributed by atoms with Gasteiger partial charge in [0.1, 0.15) is 0 Å². The van der Waals surface area contributed by atoms with Crippen molar-refractivity contribution in [2.75, 3.05) is 0 Å². The zero-order chi connectivity index (χ0) is 14.6. The van der Waals surface area contributed by atoms with Crippen LogP contribution in [0.3, 0.4) is 0 Å². The van der Waals surface area contributed by atoms with E-state index in [1.165, 1.54) is 56.9 Å². The maximum atomic E-state index is 12.0. The number of ketones is 1. The van der Waals surface area contributed by atoms with Gasteiger partial charge in [-0.25, -0.2) is 0 Å². The molecule has 0 heterocycles. The van der Waals surface area contributed by atoms with Crippen molar-refractivity contribution in [2.45, 2.75) is 78.1 Å². The van der Waals surface area contributed by atoms with Crippen molar-refractivity contribution < 1.29 is 4.79 Å². The molecule has 1 aromatic carbocycles. The van der Waals surface area contributed by atoms with Gasteiger partial charge < -0.3 is 0 Å². The predicted molar refractivity (Wildman–Crippen MR) is 87.4 cm³/mol. The number of rotatable bonds is 11. The highest BCUT2D eigenvalue weighted by Crippen LogP contribution is 2.13. The van der Waals surface area contributed by atoms with Gasteiger partial charge in [-0.05, 0) is 13.3 Å². The Morgan fingerprint density at radius 1 is 0.800 bits per heavy atom. The average Bonchev–Trinajstić information content (AvgIpc) is 2.46. The number of aryl methyl sites for hydroxylation is 1. The van der Waals surface area contributed by atoms with E-state index < -0.39 is 0 Å². The molecule has 0 bridgehead atoms. The molecule has 0 aromatic heterocycles. The fourth-order valence-corrected chi connectivity index (χ4v) is 2.48. The third-order valence-corrected chi connectivity index (χ3v) is 3.88. The van der Waals surface area contributed by atoms with Crippen molar-refractivity contribution >= 4 is 5.78 Å². The van der Waals surface area contributed by atoms with Crippen LogP contribution in [-0.2, 0) is 0 Å². The van der Waals surface area contributed by atoms with Gasteiger partial charge >= 0.3 is 0 Å². The van der Waals surface area contributed by atoms with E-state index in [0.29, 0.717) is 12.2 Å². The summed E-state index contributed by atoms with van der Waals surface area (Å²) in [6.45, 7) is 4.31. The van der Waals surface area contributed by atoms with Crippen molar-refractivity contribution in [1.29, 1.82) is 0 Å². The van der Waals surface area contributed by atoms with Crippen molar-refractivity contribution in [2.24, 2.45) is 0 Å². The summed E-state index contributed by atoms with van der Waals surface area (Å²) in [5.74, 6) is 0.299. The largest absolute Gasteiger partial charge is 0.294 e. The summed E-state index contributed by atoms with van der Waals surface area (Å²) in [6, 6.07) is 7.93. The summed E-state index contributed by atoms with van der Waals surface area (Å²) in [7, 11) is 0. The molecule has 0 aliphatic carbocycles. The highest BCUT2D eigenvalue weighted by atomic mass is 16.1. The first-order valence-electron chi connectivity index (χ1n) is 8.34. The molecule has 0 atom stereocenters. The molecule has 0 fully saturated rings. The molecular weight excluding hydrogens is 244 g/mol. The first-order valence-corrected chi connectivity index (χ1v) is 8.34. The highest BCUT2D eigenvalue weighted by Gasteiger charge is 2.04. The lowest BCUT2D eigenvalue weighted by atomic mass is 10.0. The summed E-state index contributed by atoms with van der Waals surface area (Å²) in [4.78, 5) is 12.0. The summed E-state index contributed by atoms with van der Waals surface area (Å²) in [5.41, 5.74) is 2.08. The lowest BCUT2D eigenvalue weighted by Gasteiger charge is -2.03. The van der Waals surface area contributed by atoms with Crippen LogP contribution in [0.5, 0.6) is 0 Å². The van der Waals surface area contributed by atoms with Crippen LogP contribution >= 0.6 is 0 Å². The smallest absolute Gasteiger partial charge is 0.162 e. The fourth-order valence-electron chi connectivity index (χ4n) is 2.48. The Bertz CT molecular complexity index is 364. The monoisotopic (exact) mass is 274 g/mol. The van der Waals surface area contributed by atoms with Crippen LogP contribution in [0.25, 0.3) is 0 Å². The summed E-state index contributed by atoms with van der Waals surface area (Å²) >= 11 is 0. The predicted octanol–water partition coefficient (Wildman–Crippen LogP) is 6.10. The molecule has 0 aliphatic rings. The number of carbonyl (C=O) groups excluding carboxylic acids is 1. The van der Waals surface area contributed by atoms with Crippen LogP contribution < -0.4 is 0 Å². The second-order valence-corrected chi connectivity index (χ2v) is 5.87. The number of benzene rings is 1. The lowest BCUT2D eigenvalue weighted by molar-refractivity contribution is 0.0979. The maximum absolute atomic E-state index is 12.0. The molecule has 1 rings (SSSR count). The Kier molecular flexibility index (Phi) is 9.02. The first-order chi connectivity index (χ1) is 9.74. The molecule has 0 saturated heterocycles. The van der Waals surface area contributed by atoms with Gasteiger partial charge in [-0.15, -0.1) is 0 Å². The van der Waals surface area contributed by atoms with Gasteiger partial charge in [0.2, 0.25) is 0 Å². The standard InChI is InChI=1S/C19H30O/c1-3-4-5-6-7-8-9-10-11-12-19(20)18-15-13-17(2)14-16-18/h13-16H,3-12H2,1-2H3. The van der Waals surface area contributed by atoms with E-state index in [2.05, 4.69) is 13.8 Å². The maximum Gasteiger partial charge on any atom is 0.162 e. The topological polar surface area (TPSA) is 17.1 Å². The molecule has 0 spiro atoms. The fraction of sp³-hybridized carbons (Fsp3) is 0.632. The second kappa shape index (κ2) is 10.7. The van der Waals surface area contributed by atoms with Crippen molar-refractivity contribution in [3.8, 4) is 0 Å². The number of Topliss-reactive ketones (excluding diaryl/α,β-unsaturated/α-hetero) is 1. The SMILES string of the molecule is CCCCCCCCCCCC(=O)c1ccc(C)cc1. The number of carbonyl (C=O) groups is 1. The normalized spacial score (nSPS) is 10.7. The van der Waals surface area contributed by atoms with Crippen LogP contribution in [-0.4, -0.2) is 5.78 Å². The van der Waals surface area contributed by atoms with Crippen molar-refractivity contribution in [3.63, 3.8) is 0 Å². The minimum atomic E-state index is 0.299. The van der Waals surface area contributed by atoms with Crippen LogP contribution in [0.2, 0.25) is 0 Å². The molecule has 0 aliphatic heterocycles. The zero-order valence-electron chi connectivity index (χ0n) is 13.3. The van der Waals surface area contributed by atoms with Gasteiger partial charge in [0.25, 0.3) is 0 Å². The molecule has 1 heteroatoms. The van der Waals surface area contributed by atoms with E-state index in [9.17, 15) is 4.79 Å². The molecule has 0 amide bonds. The van der Waals surface area contributed by atoms with E-state index >= 15 is 0 Å². The number of unbranched alkanes of at least 4 members (excludes halogenated alkanes) is 8. The molecule has 0 N–H and O–H groups in total. The van der Waals surface area contributed by atoms with Gasteiger partial charge in [-0.2, -0.15) is 0 Å². The molecule has 0 saturated carbocycles. The number of hydrogen-bond donors (Lipinski definition) is 0. The van der Waals surface area contributed by atoms with Crippen LogP contribution in [0.4, 0.5) is 0 Å².